The predicted molar refractivity (Wildman–Crippen MR) is 81.3 cm³/mol. The molecule has 1 aromatic carbocycles. The Morgan fingerprint density at radius 3 is 2.50 bits per heavy atom. The molecule has 0 radical (unpaired) electrons. The molecular formula is C18H19F2NO. The van der Waals surface area contributed by atoms with E-state index in [1.807, 2.05) is 18.2 Å². The minimum Gasteiger partial charge on any atom is -0.374 e. The minimum absolute atomic E-state index is 0.222. The summed E-state index contributed by atoms with van der Waals surface area (Å²) in [7, 11) is 1.65. The van der Waals surface area contributed by atoms with Gasteiger partial charge >= 0.3 is 0 Å². The normalized spacial score (nSPS) is 26.1. The van der Waals surface area contributed by atoms with E-state index in [4.69, 9.17) is 10.00 Å². The van der Waals surface area contributed by atoms with Gasteiger partial charge in [0.2, 0.25) is 0 Å². The molecule has 0 heterocycles. The Morgan fingerprint density at radius 1 is 1.32 bits per heavy atom. The molecule has 0 unspecified atom stereocenters. The van der Waals surface area contributed by atoms with Crippen molar-refractivity contribution in [1.29, 1.82) is 5.26 Å². The number of hydrogen-bond acceptors (Lipinski definition) is 2. The van der Waals surface area contributed by atoms with Gasteiger partial charge in [-0.3, -0.25) is 0 Å². The summed E-state index contributed by atoms with van der Waals surface area (Å²) in [5.41, 5.74) is 0.730. The lowest BCUT2D eigenvalue weighted by Gasteiger charge is -2.37. The van der Waals surface area contributed by atoms with Crippen LogP contribution in [-0.2, 0) is 4.74 Å². The van der Waals surface area contributed by atoms with Crippen molar-refractivity contribution in [2.75, 3.05) is 7.11 Å². The monoisotopic (exact) mass is 303 g/mol. The van der Waals surface area contributed by atoms with E-state index in [1.54, 1.807) is 13.2 Å². The largest absolute Gasteiger partial charge is 0.374 e. The van der Waals surface area contributed by atoms with Crippen molar-refractivity contribution in [3.63, 3.8) is 0 Å². The molecule has 0 saturated heterocycles. The van der Waals surface area contributed by atoms with Gasteiger partial charge in [-0.1, -0.05) is 24.3 Å². The average molecular weight is 303 g/mol. The third kappa shape index (κ3) is 4.02. The smallest absolute Gasteiger partial charge is 0.199 e. The van der Waals surface area contributed by atoms with Gasteiger partial charge in [-0.05, 0) is 55.4 Å². The number of nitrogens with zero attached hydrogens (tertiary/aromatic N) is 1. The highest BCUT2D eigenvalue weighted by atomic mass is 19.1. The first kappa shape index (κ1) is 16.4. The Hall–Kier alpha value is -1.99. The van der Waals surface area contributed by atoms with Crippen molar-refractivity contribution in [2.45, 2.75) is 37.2 Å². The van der Waals surface area contributed by atoms with Crippen molar-refractivity contribution in [3.05, 3.63) is 59.7 Å². The molecule has 1 saturated carbocycles. The second kappa shape index (κ2) is 7.33. The van der Waals surface area contributed by atoms with Gasteiger partial charge in [0.15, 0.2) is 5.83 Å². The molecule has 2 rings (SSSR count). The fourth-order valence-corrected chi connectivity index (χ4v) is 2.96. The van der Waals surface area contributed by atoms with Crippen LogP contribution in [0.15, 0.2) is 48.3 Å². The lowest BCUT2D eigenvalue weighted by atomic mass is 9.76. The van der Waals surface area contributed by atoms with Gasteiger partial charge in [-0.25, -0.2) is 4.39 Å². The van der Waals surface area contributed by atoms with Crippen LogP contribution < -0.4 is 0 Å². The maximum atomic E-state index is 13.0. The Labute approximate surface area is 129 Å². The van der Waals surface area contributed by atoms with E-state index in [0.717, 1.165) is 37.3 Å². The number of benzene rings is 1. The first-order chi connectivity index (χ1) is 10.6. The molecule has 0 aliphatic heterocycles. The second-order valence-electron chi connectivity index (χ2n) is 5.58. The molecule has 4 heteroatoms. The molecule has 2 nitrogen and oxygen atoms in total. The van der Waals surface area contributed by atoms with Gasteiger partial charge in [0.05, 0.1) is 5.60 Å². The molecule has 0 aromatic heterocycles. The standard InChI is InChI=1S/C18H19F2NO/c1-22-18(10-2-3-17(20)13-21)11-8-15(9-12-18)14-4-6-16(19)7-5-14/h2-7,10,15H,8-9,11-12H2,1H3/t15-,18+. The average Bonchev–Trinajstić information content (AvgIpc) is 2.56. The number of ether oxygens (including phenoxy) is 1. The van der Waals surface area contributed by atoms with Crippen LogP contribution in [-0.4, -0.2) is 12.7 Å². The molecule has 1 aliphatic rings. The van der Waals surface area contributed by atoms with Gasteiger partial charge in [0.25, 0.3) is 0 Å². The Morgan fingerprint density at radius 2 is 1.95 bits per heavy atom. The summed E-state index contributed by atoms with van der Waals surface area (Å²) in [5, 5.41) is 8.39. The summed E-state index contributed by atoms with van der Waals surface area (Å²) < 4.78 is 31.4. The number of allylic oxidation sites excluding steroid dienone is 3. The zero-order valence-electron chi connectivity index (χ0n) is 12.6. The maximum Gasteiger partial charge on any atom is 0.199 e. The first-order valence-corrected chi connectivity index (χ1v) is 7.34. The highest BCUT2D eigenvalue weighted by Gasteiger charge is 2.33. The van der Waals surface area contributed by atoms with Crippen LogP contribution in [0.2, 0.25) is 0 Å². The van der Waals surface area contributed by atoms with Gasteiger partial charge in [0, 0.05) is 7.11 Å². The fraction of sp³-hybridized carbons (Fsp3) is 0.389. The number of rotatable bonds is 4. The molecule has 1 fully saturated rings. The number of halogens is 2. The SMILES string of the molecule is CO[C@]1(C=CC=C(F)C#N)CC[C@H](c2ccc(F)cc2)CC1. The van der Waals surface area contributed by atoms with Crippen molar-refractivity contribution in [2.24, 2.45) is 0 Å². The minimum atomic E-state index is -0.817. The van der Waals surface area contributed by atoms with Gasteiger partial charge in [0.1, 0.15) is 11.9 Å². The van der Waals surface area contributed by atoms with Gasteiger partial charge < -0.3 is 4.74 Å². The molecule has 22 heavy (non-hydrogen) atoms. The quantitative estimate of drug-likeness (QED) is 0.591. The lowest BCUT2D eigenvalue weighted by Crippen LogP contribution is -2.33. The van der Waals surface area contributed by atoms with E-state index in [0.29, 0.717) is 5.92 Å². The lowest BCUT2D eigenvalue weighted by molar-refractivity contribution is -0.00221. The summed E-state index contributed by atoms with van der Waals surface area (Å²) in [6.45, 7) is 0. The summed E-state index contributed by atoms with van der Waals surface area (Å²) >= 11 is 0. The third-order valence-corrected chi connectivity index (χ3v) is 4.33. The predicted octanol–water partition coefficient (Wildman–Crippen LogP) is 4.80. The van der Waals surface area contributed by atoms with Crippen molar-refractivity contribution < 1.29 is 13.5 Å². The number of methoxy groups -OCH3 is 1. The summed E-state index contributed by atoms with van der Waals surface area (Å²) in [4.78, 5) is 0. The molecule has 0 amide bonds. The van der Waals surface area contributed by atoms with Crippen LogP contribution in [0.25, 0.3) is 0 Å². The zero-order chi connectivity index (χ0) is 16.0. The van der Waals surface area contributed by atoms with E-state index >= 15 is 0 Å². The molecule has 1 aliphatic carbocycles. The Balaban J connectivity index is 2.02. The highest BCUT2D eigenvalue weighted by Crippen LogP contribution is 2.40. The zero-order valence-corrected chi connectivity index (χ0v) is 12.6. The molecule has 0 atom stereocenters. The Bertz CT molecular complexity index is 591. The van der Waals surface area contributed by atoms with E-state index < -0.39 is 11.4 Å². The van der Waals surface area contributed by atoms with Crippen LogP contribution in [0, 0.1) is 17.1 Å². The second-order valence-corrected chi connectivity index (χ2v) is 5.58. The third-order valence-electron chi connectivity index (χ3n) is 4.33. The maximum absolute atomic E-state index is 13.0. The molecule has 0 N–H and O–H groups in total. The molecule has 0 spiro atoms. The number of hydrogen-bond donors (Lipinski definition) is 0. The van der Waals surface area contributed by atoms with Crippen LogP contribution in [0.3, 0.4) is 0 Å². The van der Waals surface area contributed by atoms with Crippen LogP contribution in [0.5, 0.6) is 0 Å². The van der Waals surface area contributed by atoms with E-state index in [2.05, 4.69) is 0 Å². The van der Waals surface area contributed by atoms with E-state index in [1.165, 1.54) is 18.2 Å². The highest BCUT2D eigenvalue weighted by molar-refractivity contribution is 5.24. The summed E-state index contributed by atoms with van der Waals surface area (Å²) in [6.07, 6.45) is 7.98. The fourth-order valence-electron chi connectivity index (χ4n) is 2.96. The first-order valence-electron chi connectivity index (χ1n) is 7.34. The van der Waals surface area contributed by atoms with Crippen LogP contribution in [0.1, 0.15) is 37.2 Å². The summed E-state index contributed by atoms with van der Waals surface area (Å²) in [6, 6.07) is 8.08. The molecular weight excluding hydrogens is 284 g/mol. The Kier molecular flexibility index (Phi) is 5.46. The van der Waals surface area contributed by atoms with E-state index in [-0.39, 0.29) is 5.82 Å². The van der Waals surface area contributed by atoms with Gasteiger partial charge in [-0.2, -0.15) is 9.65 Å². The van der Waals surface area contributed by atoms with E-state index in [9.17, 15) is 8.78 Å². The molecule has 116 valence electrons. The van der Waals surface area contributed by atoms with Crippen molar-refractivity contribution >= 4 is 0 Å². The van der Waals surface area contributed by atoms with Crippen LogP contribution in [0.4, 0.5) is 8.78 Å². The summed E-state index contributed by atoms with van der Waals surface area (Å²) in [5.74, 6) is -0.647. The number of nitriles is 1. The van der Waals surface area contributed by atoms with Crippen molar-refractivity contribution in [3.8, 4) is 6.07 Å². The molecule has 0 bridgehead atoms. The van der Waals surface area contributed by atoms with Gasteiger partial charge in [-0.15, -0.1) is 0 Å². The van der Waals surface area contributed by atoms with Crippen LogP contribution >= 0.6 is 0 Å². The van der Waals surface area contributed by atoms with Crippen molar-refractivity contribution in [1.82, 2.24) is 0 Å². The molecule has 1 aromatic rings. The topological polar surface area (TPSA) is 33.0 Å².